The normalized spacial score (nSPS) is 11.4. The number of aromatic nitrogens is 1. The zero-order valence-electron chi connectivity index (χ0n) is 14.2. The number of hydrogen-bond acceptors (Lipinski definition) is 6. The molecule has 0 bridgehead atoms. The Hall–Kier alpha value is -1.55. The van der Waals surface area contributed by atoms with Crippen molar-refractivity contribution in [1.29, 1.82) is 0 Å². The average Bonchev–Trinajstić information content (AvgIpc) is 3.28. The van der Waals surface area contributed by atoms with Gasteiger partial charge in [0, 0.05) is 21.8 Å². The Morgan fingerprint density at radius 1 is 1.15 bits per heavy atom. The summed E-state index contributed by atoms with van der Waals surface area (Å²) in [7, 11) is -3.31. The molecule has 5 nitrogen and oxygen atoms in total. The number of amides is 1. The lowest BCUT2D eigenvalue weighted by Gasteiger charge is -2.06. The van der Waals surface area contributed by atoms with Gasteiger partial charge < -0.3 is 5.32 Å². The molecule has 1 aromatic carbocycles. The molecule has 0 unspecified atom stereocenters. The SMILES string of the molecule is O=C(Cc1csc(-c2cc(Br)cs2)n1)NCCCS(=O)(=O)c1ccccc1. The summed E-state index contributed by atoms with van der Waals surface area (Å²) in [5, 5.41) is 7.53. The number of nitrogens with one attached hydrogen (secondary N) is 1. The number of carbonyl (C=O) groups excluding carboxylic acids is 1. The Morgan fingerprint density at radius 3 is 2.63 bits per heavy atom. The standard InChI is InChI=1S/C18H17BrN2O3S3/c19-13-9-16(25-11-13)18-21-14(12-26-18)10-17(22)20-7-4-8-27(23,24)15-5-2-1-3-6-15/h1-3,5-6,9,11-12H,4,7-8,10H2,(H,20,22). The maximum atomic E-state index is 12.2. The molecule has 0 aliphatic carbocycles. The van der Waals surface area contributed by atoms with Gasteiger partial charge in [0.2, 0.25) is 5.91 Å². The zero-order chi connectivity index (χ0) is 19.3. The molecule has 0 fully saturated rings. The van der Waals surface area contributed by atoms with Crippen LogP contribution in [-0.4, -0.2) is 31.6 Å². The van der Waals surface area contributed by atoms with Crippen LogP contribution in [-0.2, 0) is 21.1 Å². The van der Waals surface area contributed by atoms with E-state index in [4.69, 9.17) is 0 Å². The van der Waals surface area contributed by atoms with Crippen molar-refractivity contribution in [2.24, 2.45) is 0 Å². The molecule has 2 aromatic heterocycles. The molecular formula is C18H17BrN2O3S3. The van der Waals surface area contributed by atoms with Crippen LogP contribution in [0.5, 0.6) is 0 Å². The number of nitrogens with zero attached hydrogens (tertiary/aromatic N) is 1. The van der Waals surface area contributed by atoms with Crippen molar-refractivity contribution < 1.29 is 13.2 Å². The zero-order valence-corrected chi connectivity index (χ0v) is 18.3. The molecule has 0 aliphatic rings. The molecular weight excluding hydrogens is 468 g/mol. The van der Waals surface area contributed by atoms with Crippen LogP contribution < -0.4 is 5.32 Å². The quantitative estimate of drug-likeness (QED) is 0.487. The van der Waals surface area contributed by atoms with Crippen LogP contribution in [0.15, 0.2) is 56.5 Å². The van der Waals surface area contributed by atoms with Gasteiger partial charge in [0.15, 0.2) is 9.84 Å². The fourth-order valence-corrected chi connectivity index (χ4v) is 6.05. The summed E-state index contributed by atoms with van der Waals surface area (Å²) in [6, 6.07) is 10.3. The van der Waals surface area contributed by atoms with Crippen LogP contribution in [0.1, 0.15) is 12.1 Å². The Labute approximate surface area is 174 Å². The number of carbonyl (C=O) groups is 1. The molecule has 2 heterocycles. The van der Waals surface area contributed by atoms with E-state index in [1.807, 2.05) is 16.8 Å². The Morgan fingerprint density at radius 2 is 1.93 bits per heavy atom. The Bertz CT molecular complexity index is 1010. The third-order valence-corrected chi connectivity index (χ3v) is 8.25. The van der Waals surface area contributed by atoms with Crippen molar-refractivity contribution >= 4 is 54.3 Å². The van der Waals surface area contributed by atoms with Crippen molar-refractivity contribution in [3.05, 3.63) is 57.3 Å². The molecule has 9 heteroatoms. The van der Waals surface area contributed by atoms with Crippen molar-refractivity contribution in [2.45, 2.75) is 17.7 Å². The van der Waals surface area contributed by atoms with E-state index >= 15 is 0 Å². The first-order chi connectivity index (χ1) is 12.9. The number of hydrogen-bond donors (Lipinski definition) is 1. The van der Waals surface area contributed by atoms with Crippen LogP contribution in [0.4, 0.5) is 0 Å². The van der Waals surface area contributed by atoms with E-state index in [9.17, 15) is 13.2 Å². The van der Waals surface area contributed by atoms with Gasteiger partial charge in [-0.2, -0.15) is 0 Å². The topological polar surface area (TPSA) is 76.1 Å². The van der Waals surface area contributed by atoms with Gasteiger partial charge in [-0.15, -0.1) is 22.7 Å². The number of thiazole rings is 1. The van der Waals surface area contributed by atoms with Gasteiger partial charge in [-0.3, -0.25) is 4.79 Å². The second-order valence-corrected chi connectivity index (χ2v) is 10.6. The minimum Gasteiger partial charge on any atom is -0.356 e. The summed E-state index contributed by atoms with van der Waals surface area (Å²) >= 11 is 6.52. The third-order valence-electron chi connectivity index (χ3n) is 3.69. The van der Waals surface area contributed by atoms with E-state index in [0.717, 1.165) is 14.4 Å². The fourth-order valence-electron chi connectivity index (χ4n) is 2.39. The molecule has 27 heavy (non-hydrogen) atoms. The first kappa shape index (κ1) is 20.2. The van der Waals surface area contributed by atoms with Crippen molar-refractivity contribution in [1.82, 2.24) is 10.3 Å². The number of sulfone groups is 1. The van der Waals surface area contributed by atoms with Gasteiger partial charge in [-0.05, 0) is 40.5 Å². The van der Waals surface area contributed by atoms with E-state index in [0.29, 0.717) is 23.6 Å². The highest BCUT2D eigenvalue weighted by Crippen LogP contribution is 2.32. The summed E-state index contributed by atoms with van der Waals surface area (Å²) in [5.74, 6) is -0.151. The van der Waals surface area contributed by atoms with Crippen molar-refractivity contribution in [2.75, 3.05) is 12.3 Å². The van der Waals surface area contributed by atoms with E-state index < -0.39 is 9.84 Å². The lowest BCUT2D eigenvalue weighted by molar-refractivity contribution is -0.120. The Balaban J connectivity index is 1.44. The summed E-state index contributed by atoms with van der Waals surface area (Å²) in [4.78, 5) is 17.9. The second-order valence-electron chi connectivity index (χ2n) is 5.79. The monoisotopic (exact) mass is 484 g/mol. The van der Waals surface area contributed by atoms with Crippen LogP contribution in [0.3, 0.4) is 0 Å². The lowest BCUT2D eigenvalue weighted by atomic mass is 10.3. The highest BCUT2D eigenvalue weighted by molar-refractivity contribution is 9.10. The van der Waals surface area contributed by atoms with E-state index in [1.165, 1.54) is 11.3 Å². The predicted molar refractivity (Wildman–Crippen MR) is 113 cm³/mol. The molecule has 1 N–H and O–H groups in total. The molecule has 0 radical (unpaired) electrons. The molecule has 0 aliphatic heterocycles. The molecule has 0 saturated carbocycles. The molecule has 1 amide bonds. The first-order valence-corrected chi connectivity index (χ1v) is 12.4. The fraction of sp³-hybridized carbons (Fsp3) is 0.222. The van der Waals surface area contributed by atoms with E-state index in [1.54, 1.807) is 41.7 Å². The summed E-state index contributed by atoms with van der Waals surface area (Å²) in [5.41, 5.74) is 0.717. The van der Waals surface area contributed by atoms with Crippen LogP contribution >= 0.6 is 38.6 Å². The summed E-state index contributed by atoms with van der Waals surface area (Å²) in [6.45, 7) is 0.319. The third kappa shape index (κ3) is 5.71. The summed E-state index contributed by atoms with van der Waals surface area (Å²) in [6.07, 6.45) is 0.559. The minimum absolute atomic E-state index is 0.00536. The minimum atomic E-state index is -3.31. The van der Waals surface area contributed by atoms with Gasteiger partial charge in [0.05, 0.1) is 27.6 Å². The molecule has 0 saturated heterocycles. The second kappa shape index (κ2) is 9.09. The molecule has 3 rings (SSSR count). The predicted octanol–water partition coefficient (Wildman–Crippen LogP) is 4.16. The van der Waals surface area contributed by atoms with Crippen LogP contribution in [0.2, 0.25) is 0 Å². The number of thiophene rings is 1. The average molecular weight is 485 g/mol. The highest BCUT2D eigenvalue weighted by Gasteiger charge is 2.14. The van der Waals surface area contributed by atoms with Gasteiger partial charge in [-0.1, -0.05) is 18.2 Å². The number of rotatable bonds is 8. The molecule has 0 spiro atoms. The lowest BCUT2D eigenvalue weighted by Crippen LogP contribution is -2.27. The molecule has 142 valence electrons. The van der Waals surface area contributed by atoms with Gasteiger partial charge in [0.25, 0.3) is 0 Å². The van der Waals surface area contributed by atoms with Gasteiger partial charge in [-0.25, -0.2) is 13.4 Å². The maximum absolute atomic E-state index is 12.2. The maximum Gasteiger partial charge on any atom is 0.226 e. The van der Waals surface area contributed by atoms with Gasteiger partial charge >= 0.3 is 0 Å². The van der Waals surface area contributed by atoms with E-state index in [2.05, 4.69) is 26.2 Å². The molecule has 3 aromatic rings. The first-order valence-electron chi connectivity index (χ1n) is 8.17. The number of benzene rings is 1. The van der Waals surface area contributed by atoms with Crippen molar-refractivity contribution in [3.8, 4) is 9.88 Å². The summed E-state index contributed by atoms with van der Waals surface area (Å²) < 4.78 is 25.4. The van der Waals surface area contributed by atoms with Crippen molar-refractivity contribution in [3.63, 3.8) is 0 Å². The Kier molecular flexibility index (Phi) is 6.80. The van der Waals surface area contributed by atoms with Crippen LogP contribution in [0.25, 0.3) is 9.88 Å². The largest absolute Gasteiger partial charge is 0.356 e. The highest BCUT2D eigenvalue weighted by atomic mass is 79.9. The number of halogens is 1. The molecule has 0 atom stereocenters. The van der Waals surface area contributed by atoms with E-state index in [-0.39, 0.29) is 18.1 Å². The van der Waals surface area contributed by atoms with Crippen LogP contribution in [0, 0.1) is 0 Å². The van der Waals surface area contributed by atoms with Gasteiger partial charge in [0.1, 0.15) is 5.01 Å². The smallest absolute Gasteiger partial charge is 0.226 e.